The molecular formula is C22H28N4O2. The second-order valence-corrected chi connectivity index (χ2v) is 7.17. The molecule has 0 fully saturated rings. The van der Waals surface area contributed by atoms with Crippen LogP contribution in [-0.2, 0) is 17.8 Å². The Hall–Kier alpha value is -2.89. The van der Waals surface area contributed by atoms with Crippen molar-refractivity contribution in [2.45, 2.75) is 53.5 Å². The maximum absolute atomic E-state index is 12.8. The summed E-state index contributed by atoms with van der Waals surface area (Å²) in [7, 11) is 0. The lowest BCUT2D eigenvalue weighted by atomic mass is 10.1. The number of unbranched alkanes of at least 4 members (excludes halogenated alkanes) is 1. The summed E-state index contributed by atoms with van der Waals surface area (Å²) in [5.41, 5.74) is 4.30. The number of pyridine rings is 1. The molecule has 0 saturated carbocycles. The Kier molecular flexibility index (Phi) is 5.97. The molecule has 0 atom stereocenters. The number of aromatic nitrogens is 3. The van der Waals surface area contributed by atoms with Crippen LogP contribution in [0.15, 0.2) is 35.1 Å². The number of carbonyl (C=O) groups is 1. The van der Waals surface area contributed by atoms with Crippen LogP contribution in [-0.4, -0.2) is 26.8 Å². The lowest BCUT2D eigenvalue weighted by Gasteiger charge is -2.13. The number of amides is 1. The lowest BCUT2D eigenvalue weighted by Crippen LogP contribution is -2.33. The minimum atomic E-state index is -0.193. The van der Waals surface area contributed by atoms with Gasteiger partial charge in [0.25, 0.3) is 5.56 Å². The van der Waals surface area contributed by atoms with E-state index in [4.69, 9.17) is 0 Å². The molecule has 1 amide bonds. The average molecular weight is 380 g/mol. The zero-order valence-corrected chi connectivity index (χ0v) is 17.1. The van der Waals surface area contributed by atoms with Gasteiger partial charge in [-0.2, -0.15) is 5.10 Å². The third-order valence-electron chi connectivity index (χ3n) is 5.04. The van der Waals surface area contributed by atoms with E-state index in [2.05, 4.69) is 36.4 Å². The smallest absolute Gasteiger partial charge is 0.252 e. The molecule has 28 heavy (non-hydrogen) atoms. The first-order valence-corrected chi connectivity index (χ1v) is 9.92. The van der Waals surface area contributed by atoms with Gasteiger partial charge in [-0.3, -0.25) is 14.2 Å². The number of aryl methyl sites for hydroxylation is 3. The van der Waals surface area contributed by atoms with Crippen molar-refractivity contribution in [1.29, 1.82) is 0 Å². The van der Waals surface area contributed by atoms with Crippen LogP contribution in [0.1, 0.15) is 43.5 Å². The van der Waals surface area contributed by atoms with Crippen LogP contribution in [0, 0.1) is 13.8 Å². The van der Waals surface area contributed by atoms with Crippen molar-refractivity contribution in [3.63, 3.8) is 0 Å². The van der Waals surface area contributed by atoms with E-state index < -0.39 is 0 Å². The summed E-state index contributed by atoms with van der Waals surface area (Å²) in [5, 5.41) is 8.49. The largest absolute Gasteiger partial charge is 0.355 e. The maximum atomic E-state index is 12.8. The van der Waals surface area contributed by atoms with Crippen molar-refractivity contribution in [3.05, 3.63) is 57.5 Å². The molecule has 1 aromatic carbocycles. The van der Waals surface area contributed by atoms with Crippen LogP contribution in [0.2, 0.25) is 0 Å². The SMILES string of the molecule is CCCCNC(=O)Cn1c(=O)cc(C)c2c(C)nn(-c3ccc(CC)cc3)c21. The molecule has 3 aromatic rings. The van der Waals surface area contributed by atoms with Gasteiger partial charge in [0.1, 0.15) is 12.2 Å². The second kappa shape index (κ2) is 8.42. The molecule has 6 heteroatoms. The first-order chi connectivity index (χ1) is 13.5. The van der Waals surface area contributed by atoms with Crippen molar-refractivity contribution in [2.75, 3.05) is 6.54 Å². The van der Waals surface area contributed by atoms with E-state index in [-0.39, 0.29) is 18.0 Å². The van der Waals surface area contributed by atoms with Gasteiger partial charge in [0.05, 0.1) is 11.4 Å². The highest BCUT2D eigenvalue weighted by Gasteiger charge is 2.18. The van der Waals surface area contributed by atoms with E-state index in [0.717, 1.165) is 41.6 Å². The van der Waals surface area contributed by atoms with Crippen molar-refractivity contribution in [2.24, 2.45) is 0 Å². The molecule has 6 nitrogen and oxygen atoms in total. The van der Waals surface area contributed by atoms with Crippen molar-refractivity contribution < 1.29 is 4.79 Å². The van der Waals surface area contributed by atoms with Crippen molar-refractivity contribution in [1.82, 2.24) is 19.7 Å². The molecule has 0 aliphatic carbocycles. The molecular weight excluding hydrogens is 352 g/mol. The highest BCUT2D eigenvalue weighted by atomic mass is 16.2. The van der Waals surface area contributed by atoms with E-state index in [1.54, 1.807) is 10.7 Å². The van der Waals surface area contributed by atoms with Crippen molar-refractivity contribution >= 4 is 16.9 Å². The Morgan fingerprint density at radius 2 is 1.86 bits per heavy atom. The number of nitrogens with one attached hydrogen (secondary N) is 1. The Labute approximate surface area is 165 Å². The fourth-order valence-corrected chi connectivity index (χ4v) is 3.48. The van der Waals surface area contributed by atoms with Gasteiger partial charge >= 0.3 is 0 Å². The molecule has 1 N–H and O–H groups in total. The average Bonchev–Trinajstić information content (AvgIpc) is 3.03. The first-order valence-electron chi connectivity index (χ1n) is 9.92. The van der Waals surface area contributed by atoms with Gasteiger partial charge in [0.15, 0.2) is 0 Å². The Morgan fingerprint density at radius 3 is 2.50 bits per heavy atom. The Morgan fingerprint density at radius 1 is 1.14 bits per heavy atom. The van der Waals surface area contributed by atoms with Gasteiger partial charge in [0.2, 0.25) is 5.91 Å². The molecule has 2 aromatic heterocycles. The quantitative estimate of drug-likeness (QED) is 0.640. The number of fused-ring (bicyclic) bond motifs is 1. The van der Waals surface area contributed by atoms with Gasteiger partial charge in [0, 0.05) is 18.0 Å². The zero-order chi connectivity index (χ0) is 20.3. The lowest BCUT2D eigenvalue weighted by molar-refractivity contribution is -0.121. The minimum absolute atomic E-state index is 0.0164. The number of carbonyl (C=O) groups excluding carboxylic acids is 1. The van der Waals surface area contributed by atoms with Gasteiger partial charge in [-0.15, -0.1) is 0 Å². The summed E-state index contributed by atoms with van der Waals surface area (Å²) < 4.78 is 3.30. The molecule has 0 aliphatic rings. The van der Waals surface area contributed by atoms with E-state index >= 15 is 0 Å². The van der Waals surface area contributed by atoms with Gasteiger partial charge < -0.3 is 5.32 Å². The molecule has 3 rings (SSSR count). The van der Waals surface area contributed by atoms with E-state index in [1.807, 2.05) is 26.0 Å². The highest BCUT2D eigenvalue weighted by Crippen LogP contribution is 2.24. The highest BCUT2D eigenvalue weighted by molar-refractivity contribution is 5.85. The monoisotopic (exact) mass is 380 g/mol. The second-order valence-electron chi connectivity index (χ2n) is 7.17. The van der Waals surface area contributed by atoms with Crippen molar-refractivity contribution in [3.8, 4) is 5.69 Å². The summed E-state index contributed by atoms with van der Waals surface area (Å²) in [4.78, 5) is 25.2. The number of benzene rings is 1. The summed E-state index contributed by atoms with van der Waals surface area (Å²) in [6, 6.07) is 9.72. The standard InChI is InChI=1S/C22H28N4O2/c1-5-7-12-23-19(27)14-25-20(28)13-15(3)21-16(4)24-26(22(21)25)18-10-8-17(6-2)9-11-18/h8-11,13H,5-7,12,14H2,1-4H3,(H,23,27). The van der Waals surface area contributed by atoms with Gasteiger partial charge in [-0.25, -0.2) is 4.68 Å². The summed E-state index contributed by atoms with van der Waals surface area (Å²) in [6.45, 7) is 8.64. The topological polar surface area (TPSA) is 68.9 Å². The predicted molar refractivity (Wildman–Crippen MR) is 112 cm³/mol. The van der Waals surface area contributed by atoms with E-state index in [0.29, 0.717) is 12.2 Å². The summed E-state index contributed by atoms with van der Waals surface area (Å²) in [5.74, 6) is -0.160. The summed E-state index contributed by atoms with van der Waals surface area (Å²) >= 11 is 0. The van der Waals surface area contributed by atoms with Gasteiger partial charge in [-0.05, 0) is 49.9 Å². The molecule has 0 unspecified atom stereocenters. The fourth-order valence-electron chi connectivity index (χ4n) is 3.48. The van der Waals surface area contributed by atoms with Crippen LogP contribution in [0.25, 0.3) is 16.7 Å². The number of rotatable bonds is 7. The fraction of sp³-hybridized carbons (Fsp3) is 0.409. The third kappa shape index (κ3) is 3.86. The number of nitrogens with zero attached hydrogens (tertiary/aromatic N) is 3. The number of hydrogen-bond donors (Lipinski definition) is 1. The van der Waals surface area contributed by atoms with Crippen LogP contribution >= 0.6 is 0 Å². The van der Waals surface area contributed by atoms with E-state index in [9.17, 15) is 9.59 Å². The van der Waals surface area contributed by atoms with Gasteiger partial charge in [-0.1, -0.05) is 32.4 Å². The maximum Gasteiger partial charge on any atom is 0.252 e. The summed E-state index contributed by atoms with van der Waals surface area (Å²) in [6.07, 6.45) is 2.89. The molecule has 0 spiro atoms. The van der Waals surface area contributed by atoms with Crippen LogP contribution < -0.4 is 10.9 Å². The molecule has 0 aliphatic heterocycles. The predicted octanol–water partition coefficient (Wildman–Crippen LogP) is 3.28. The molecule has 2 heterocycles. The first kappa shape index (κ1) is 19.9. The normalized spacial score (nSPS) is 11.1. The Balaban J connectivity index is 2.12. The molecule has 0 bridgehead atoms. The van der Waals surface area contributed by atoms with Crippen LogP contribution in [0.4, 0.5) is 0 Å². The molecule has 148 valence electrons. The molecule has 0 saturated heterocycles. The van der Waals surface area contributed by atoms with E-state index in [1.165, 1.54) is 10.1 Å². The Bertz CT molecular complexity index is 1050. The zero-order valence-electron chi connectivity index (χ0n) is 17.1. The minimum Gasteiger partial charge on any atom is -0.355 e. The third-order valence-corrected chi connectivity index (χ3v) is 5.04. The molecule has 0 radical (unpaired) electrons. The van der Waals surface area contributed by atoms with Crippen LogP contribution in [0.5, 0.6) is 0 Å². The number of hydrogen-bond acceptors (Lipinski definition) is 3. The van der Waals surface area contributed by atoms with Crippen LogP contribution in [0.3, 0.4) is 0 Å².